The van der Waals surface area contributed by atoms with Crippen LogP contribution in [0.4, 0.5) is 0 Å². The summed E-state index contributed by atoms with van der Waals surface area (Å²) >= 11 is 0. The Labute approximate surface area is 163 Å². The van der Waals surface area contributed by atoms with E-state index in [4.69, 9.17) is 10.5 Å². The molecule has 1 heterocycles. The highest BCUT2D eigenvalue weighted by atomic mass is 127. The van der Waals surface area contributed by atoms with E-state index in [2.05, 4.69) is 34.4 Å². The first-order chi connectivity index (χ1) is 11.2. The van der Waals surface area contributed by atoms with Crippen molar-refractivity contribution in [2.75, 3.05) is 40.3 Å². The van der Waals surface area contributed by atoms with Gasteiger partial charge in [0.15, 0.2) is 5.96 Å². The first-order valence-corrected chi connectivity index (χ1v) is 8.52. The zero-order valence-electron chi connectivity index (χ0n) is 14.8. The Hall–Kier alpha value is -1.02. The standard InChI is InChI=1S/C18H30N4O.HI/c1-22-13-9-16(10-14-22)8-12-21-18(19)20-11-7-15-3-5-17(23-2)6-4-15;/h3-6,16H,7-14H2,1-2H3,(H3,19,20,21);1H. The molecule has 0 amide bonds. The number of methoxy groups -OCH3 is 1. The van der Waals surface area contributed by atoms with Crippen LogP contribution in [0.3, 0.4) is 0 Å². The number of piperidine rings is 1. The van der Waals surface area contributed by atoms with E-state index in [1.54, 1.807) is 7.11 Å². The third-order valence-electron chi connectivity index (χ3n) is 4.54. The van der Waals surface area contributed by atoms with Crippen molar-refractivity contribution in [3.05, 3.63) is 29.8 Å². The number of ether oxygens (including phenoxy) is 1. The molecule has 5 nitrogen and oxygen atoms in total. The van der Waals surface area contributed by atoms with Gasteiger partial charge < -0.3 is 20.7 Å². The number of benzene rings is 1. The molecule has 3 N–H and O–H groups in total. The number of nitrogens with one attached hydrogen (secondary N) is 1. The monoisotopic (exact) mass is 446 g/mol. The molecule has 0 aliphatic carbocycles. The Balaban J connectivity index is 0.00000288. The number of likely N-dealkylation sites (tertiary alicyclic amines) is 1. The van der Waals surface area contributed by atoms with Gasteiger partial charge in [-0.3, -0.25) is 4.99 Å². The van der Waals surface area contributed by atoms with Crippen molar-refractivity contribution in [3.63, 3.8) is 0 Å². The lowest BCUT2D eigenvalue weighted by Crippen LogP contribution is -2.34. The number of rotatable bonds is 7. The summed E-state index contributed by atoms with van der Waals surface area (Å²) in [6, 6.07) is 8.12. The van der Waals surface area contributed by atoms with Crippen LogP contribution < -0.4 is 15.8 Å². The van der Waals surface area contributed by atoms with E-state index >= 15 is 0 Å². The highest BCUT2D eigenvalue weighted by Crippen LogP contribution is 2.19. The second kappa shape index (κ2) is 11.5. The number of halogens is 1. The molecule has 6 heteroatoms. The molecule has 1 aromatic carbocycles. The molecular weight excluding hydrogens is 415 g/mol. The predicted molar refractivity (Wildman–Crippen MR) is 111 cm³/mol. The molecule has 0 unspecified atom stereocenters. The maximum atomic E-state index is 5.93. The molecule has 24 heavy (non-hydrogen) atoms. The number of nitrogens with zero attached hydrogens (tertiary/aromatic N) is 2. The Morgan fingerprint density at radius 1 is 1.29 bits per heavy atom. The summed E-state index contributed by atoms with van der Waals surface area (Å²) in [6.07, 6.45) is 4.65. The Kier molecular flexibility index (Phi) is 10.1. The average Bonchev–Trinajstić information content (AvgIpc) is 2.57. The molecule has 1 fully saturated rings. The second-order valence-electron chi connectivity index (χ2n) is 6.33. The van der Waals surface area contributed by atoms with Gasteiger partial charge in [-0.25, -0.2) is 0 Å². The summed E-state index contributed by atoms with van der Waals surface area (Å²) < 4.78 is 5.15. The summed E-state index contributed by atoms with van der Waals surface area (Å²) in [7, 11) is 3.87. The Morgan fingerprint density at radius 2 is 1.96 bits per heavy atom. The van der Waals surface area contributed by atoms with Gasteiger partial charge in [-0.15, -0.1) is 24.0 Å². The van der Waals surface area contributed by atoms with Crippen LogP contribution >= 0.6 is 24.0 Å². The third kappa shape index (κ3) is 7.70. The van der Waals surface area contributed by atoms with Crippen molar-refractivity contribution in [2.24, 2.45) is 16.6 Å². The Morgan fingerprint density at radius 3 is 2.58 bits per heavy atom. The van der Waals surface area contributed by atoms with Crippen molar-refractivity contribution in [2.45, 2.75) is 25.7 Å². The summed E-state index contributed by atoms with van der Waals surface area (Å²) in [6.45, 7) is 4.06. The average molecular weight is 446 g/mol. The van der Waals surface area contributed by atoms with E-state index in [0.717, 1.165) is 37.6 Å². The number of nitrogens with two attached hydrogens (primary N) is 1. The number of hydrogen-bond donors (Lipinski definition) is 2. The van der Waals surface area contributed by atoms with Crippen LogP contribution in [0, 0.1) is 5.92 Å². The van der Waals surface area contributed by atoms with E-state index in [1.165, 1.54) is 31.5 Å². The first kappa shape index (κ1) is 21.0. The van der Waals surface area contributed by atoms with Gasteiger partial charge in [-0.05, 0) is 69.4 Å². The van der Waals surface area contributed by atoms with Gasteiger partial charge in [-0.2, -0.15) is 0 Å². The molecule has 1 aliphatic heterocycles. The summed E-state index contributed by atoms with van der Waals surface area (Å²) in [4.78, 5) is 6.84. The molecule has 0 spiro atoms. The number of aliphatic imine (C=N–C) groups is 1. The summed E-state index contributed by atoms with van der Waals surface area (Å²) in [5, 5.41) is 3.19. The number of guanidine groups is 1. The van der Waals surface area contributed by atoms with Crippen LogP contribution in [-0.2, 0) is 6.42 Å². The molecule has 1 aromatic rings. The fourth-order valence-electron chi connectivity index (χ4n) is 2.90. The third-order valence-corrected chi connectivity index (χ3v) is 4.54. The van der Waals surface area contributed by atoms with Gasteiger partial charge in [-0.1, -0.05) is 12.1 Å². The Bertz CT molecular complexity index is 484. The topological polar surface area (TPSA) is 62.9 Å². The summed E-state index contributed by atoms with van der Waals surface area (Å²) in [5.74, 6) is 2.25. The van der Waals surface area contributed by atoms with Crippen molar-refractivity contribution in [3.8, 4) is 5.75 Å². The van der Waals surface area contributed by atoms with E-state index in [9.17, 15) is 0 Å². The van der Waals surface area contributed by atoms with Gasteiger partial charge in [0.25, 0.3) is 0 Å². The zero-order chi connectivity index (χ0) is 16.5. The predicted octanol–water partition coefficient (Wildman–Crippen LogP) is 2.49. The minimum Gasteiger partial charge on any atom is -0.497 e. The van der Waals surface area contributed by atoms with Crippen LogP contribution in [-0.4, -0.2) is 51.2 Å². The van der Waals surface area contributed by atoms with Crippen LogP contribution in [0.1, 0.15) is 24.8 Å². The maximum Gasteiger partial charge on any atom is 0.188 e. The molecule has 1 aliphatic rings. The number of hydrogen-bond acceptors (Lipinski definition) is 3. The maximum absolute atomic E-state index is 5.93. The first-order valence-electron chi connectivity index (χ1n) is 8.52. The highest BCUT2D eigenvalue weighted by molar-refractivity contribution is 14.0. The van der Waals surface area contributed by atoms with Crippen molar-refractivity contribution >= 4 is 29.9 Å². The molecule has 0 aromatic heterocycles. The lowest BCUT2D eigenvalue weighted by Gasteiger charge is -2.28. The molecule has 2 rings (SSSR count). The van der Waals surface area contributed by atoms with Gasteiger partial charge >= 0.3 is 0 Å². The van der Waals surface area contributed by atoms with Crippen LogP contribution in [0.25, 0.3) is 0 Å². The van der Waals surface area contributed by atoms with E-state index in [1.807, 2.05) is 12.1 Å². The van der Waals surface area contributed by atoms with Crippen LogP contribution in [0.15, 0.2) is 29.3 Å². The fraction of sp³-hybridized carbons (Fsp3) is 0.611. The molecule has 0 bridgehead atoms. The summed E-state index contributed by atoms with van der Waals surface area (Å²) in [5.41, 5.74) is 7.19. The quantitative estimate of drug-likeness (QED) is 0.384. The van der Waals surface area contributed by atoms with E-state index in [0.29, 0.717) is 5.96 Å². The molecule has 0 saturated carbocycles. The van der Waals surface area contributed by atoms with Crippen LogP contribution in [0.2, 0.25) is 0 Å². The molecule has 136 valence electrons. The van der Waals surface area contributed by atoms with E-state index < -0.39 is 0 Å². The van der Waals surface area contributed by atoms with Gasteiger partial charge in [0.05, 0.1) is 7.11 Å². The minimum absolute atomic E-state index is 0. The SMILES string of the molecule is COc1ccc(CCNC(N)=NCCC2CCN(C)CC2)cc1.I. The van der Waals surface area contributed by atoms with Gasteiger partial charge in [0, 0.05) is 13.1 Å². The zero-order valence-corrected chi connectivity index (χ0v) is 17.2. The van der Waals surface area contributed by atoms with Gasteiger partial charge in [0.1, 0.15) is 5.75 Å². The van der Waals surface area contributed by atoms with Crippen molar-refractivity contribution in [1.82, 2.24) is 10.2 Å². The minimum atomic E-state index is 0. The second-order valence-corrected chi connectivity index (χ2v) is 6.33. The van der Waals surface area contributed by atoms with Crippen molar-refractivity contribution < 1.29 is 4.74 Å². The van der Waals surface area contributed by atoms with Crippen molar-refractivity contribution in [1.29, 1.82) is 0 Å². The molecule has 1 saturated heterocycles. The van der Waals surface area contributed by atoms with Crippen LogP contribution in [0.5, 0.6) is 5.75 Å². The molecular formula is C18H31IN4O. The lowest BCUT2D eigenvalue weighted by atomic mass is 9.94. The lowest BCUT2D eigenvalue weighted by molar-refractivity contribution is 0.214. The largest absolute Gasteiger partial charge is 0.497 e. The molecule has 0 radical (unpaired) electrons. The fourth-order valence-corrected chi connectivity index (χ4v) is 2.90. The van der Waals surface area contributed by atoms with E-state index in [-0.39, 0.29) is 24.0 Å². The normalized spacial score (nSPS) is 16.5. The highest BCUT2D eigenvalue weighted by Gasteiger charge is 2.15. The van der Waals surface area contributed by atoms with Gasteiger partial charge in [0.2, 0.25) is 0 Å². The smallest absolute Gasteiger partial charge is 0.188 e. The molecule has 0 atom stereocenters.